The normalized spacial score (nSPS) is 15.8. The zero-order valence-electron chi connectivity index (χ0n) is 9.08. The van der Waals surface area contributed by atoms with E-state index in [0.29, 0.717) is 6.54 Å². The van der Waals surface area contributed by atoms with E-state index in [2.05, 4.69) is 22.1 Å². The zero-order chi connectivity index (χ0) is 10.6. The van der Waals surface area contributed by atoms with Crippen LogP contribution < -0.4 is 5.32 Å². The van der Waals surface area contributed by atoms with Gasteiger partial charge in [0.25, 0.3) is 0 Å². The molecular formula is C11H19NOS. The van der Waals surface area contributed by atoms with Gasteiger partial charge in [-0.3, -0.25) is 0 Å². The summed E-state index contributed by atoms with van der Waals surface area (Å²) in [6.45, 7) is 7.42. The lowest BCUT2D eigenvalue weighted by atomic mass is 9.92. The van der Waals surface area contributed by atoms with Crippen LogP contribution in [0.15, 0.2) is 16.8 Å². The molecule has 0 aliphatic carbocycles. The molecule has 1 rings (SSSR count). The van der Waals surface area contributed by atoms with Crippen molar-refractivity contribution in [1.29, 1.82) is 0 Å². The largest absolute Gasteiger partial charge is 0.389 e. The first kappa shape index (κ1) is 11.7. The van der Waals surface area contributed by atoms with Crippen LogP contribution in [0.25, 0.3) is 0 Å². The number of thiophene rings is 1. The van der Waals surface area contributed by atoms with Gasteiger partial charge in [-0.25, -0.2) is 0 Å². The summed E-state index contributed by atoms with van der Waals surface area (Å²) in [5.41, 5.74) is 0.672. The number of aliphatic hydroxyl groups is 1. The lowest BCUT2D eigenvalue weighted by molar-refractivity contribution is 0.0140. The average Bonchev–Trinajstić information content (AvgIpc) is 2.56. The van der Waals surface area contributed by atoms with Gasteiger partial charge in [0.15, 0.2) is 0 Å². The Morgan fingerprint density at radius 3 is 2.79 bits per heavy atom. The lowest BCUT2D eigenvalue weighted by Crippen LogP contribution is -2.41. The van der Waals surface area contributed by atoms with E-state index in [1.54, 1.807) is 11.3 Å². The fraction of sp³-hybridized carbons (Fsp3) is 0.636. The van der Waals surface area contributed by atoms with E-state index >= 15 is 0 Å². The Bertz CT molecular complexity index is 254. The molecule has 2 nitrogen and oxygen atoms in total. The van der Waals surface area contributed by atoms with Crippen molar-refractivity contribution >= 4 is 11.3 Å². The Labute approximate surface area is 90.0 Å². The van der Waals surface area contributed by atoms with Gasteiger partial charge in [-0.1, -0.05) is 13.8 Å². The molecule has 3 heteroatoms. The first-order valence-electron chi connectivity index (χ1n) is 4.96. The predicted octanol–water partition coefficient (Wildman–Crippen LogP) is 2.24. The molecule has 1 atom stereocenters. The minimum Gasteiger partial charge on any atom is -0.389 e. The Hall–Kier alpha value is -0.380. The van der Waals surface area contributed by atoms with Gasteiger partial charge in [-0.15, -0.1) is 0 Å². The minimum absolute atomic E-state index is 0.275. The van der Waals surface area contributed by atoms with E-state index in [9.17, 15) is 5.11 Å². The van der Waals surface area contributed by atoms with E-state index < -0.39 is 5.60 Å². The summed E-state index contributed by atoms with van der Waals surface area (Å²) in [7, 11) is 0. The van der Waals surface area contributed by atoms with Gasteiger partial charge in [0.05, 0.1) is 5.60 Å². The number of hydrogen-bond donors (Lipinski definition) is 2. The summed E-state index contributed by atoms with van der Waals surface area (Å²) in [4.78, 5) is 0. The number of nitrogens with one attached hydrogen (secondary N) is 1. The molecular weight excluding hydrogens is 194 g/mol. The highest BCUT2D eigenvalue weighted by atomic mass is 32.1. The number of rotatable bonds is 5. The van der Waals surface area contributed by atoms with Crippen LogP contribution in [-0.2, 0) is 6.54 Å². The molecule has 0 aliphatic heterocycles. The van der Waals surface area contributed by atoms with Crippen LogP contribution >= 0.6 is 11.3 Å². The van der Waals surface area contributed by atoms with Crippen LogP contribution in [0.5, 0.6) is 0 Å². The fourth-order valence-electron chi connectivity index (χ4n) is 1.06. The second-order valence-corrected chi connectivity index (χ2v) is 5.03. The molecule has 0 amide bonds. The molecule has 0 saturated carbocycles. The van der Waals surface area contributed by atoms with E-state index in [4.69, 9.17) is 0 Å². The molecule has 0 radical (unpaired) electrons. The molecule has 0 aliphatic rings. The maximum Gasteiger partial charge on any atom is 0.0766 e. The first-order valence-corrected chi connectivity index (χ1v) is 5.91. The minimum atomic E-state index is -0.615. The zero-order valence-corrected chi connectivity index (χ0v) is 9.90. The first-order chi connectivity index (χ1) is 6.52. The molecule has 0 spiro atoms. The predicted molar refractivity (Wildman–Crippen MR) is 61.5 cm³/mol. The van der Waals surface area contributed by atoms with Crippen LogP contribution in [-0.4, -0.2) is 17.3 Å². The second-order valence-electron chi connectivity index (χ2n) is 4.25. The fourth-order valence-corrected chi connectivity index (χ4v) is 1.73. The Kier molecular flexibility index (Phi) is 4.11. The second kappa shape index (κ2) is 4.91. The molecule has 80 valence electrons. The highest BCUT2D eigenvalue weighted by molar-refractivity contribution is 7.07. The van der Waals surface area contributed by atoms with E-state index in [-0.39, 0.29) is 5.92 Å². The van der Waals surface area contributed by atoms with Gasteiger partial charge in [0.2, 0.25) is 0 Å². The molecule has 2 N–H and O–H groups in total. The molecule has 0 fully saturated rings. The van der Waals surface area contributed by atoms with Crippen molar-refractivity contribution in [1.82, 2.24) is 5.32 Å². The lowest BCUT2D eigenvalue weighted by Gasteiger charge is -2.27. The summed E-state index contributed by atoms with van der Waals surface area (Å²) >= 11 is 1.70. The maximum atomic E-state index is 9.96. The van der Waals surface area contributed by atoms with Gasteiger partial charge in [-0.2, -0.15) is 11.3 Å². The van der Waals surface area contributed by atoms with Crippen LogP contribution in [0, 0.1) is 5.92 Å². The third-order valence-corrected chi connectivity index (χ3v) is 3.37. The van der Waals surface area contributed by atoms with Gasteiger partial charge in [-0.05, 0) is 35.2 Å². The van der Waals surface area contributed by atoms with Crippen molar-refractivity contribution in [3.63, 3.8) is 0 Å². The molecule has 1 aromatic rings. The van der Waals surface area contributed by atoms with Crippen molar-refractivity contribution < 1.29 is 5.11 Å². The summed E-state index contributed by atoms with van der Waals surface area (Å²) in [6, 6.07) is 2.10. The topological polar surface area (TPSA) is 32.3 Å². The Balaban J connectivity index is 2.28. The van der Waals surface area contributed by atoms with Crippen molar-refractivity contribution in [3.05, 3.63) is 22.4 Å². The molecule has 1 aromatic heterocycles. The van der Waals surface area contributed by atoms with Gasteiger partial charge in [0, 0.05) is 13.1 Å². The smallest absolute Gasteiger partial charge is 0.0766 e. The molecule has 14 heavy (non-hydrogen) atoms. The van der Waals surface area contributed by atoms with Gasteiger partial charge < -0.3 is 10.4 Å². The van der Waals surface area contributed by atoms with Gasteiger partial charge in [0.1, 0.15) is 0 Å². The molecule has 0 aromatic carbocycles. The van der Waals surface area contributed by atoms with Crippen molar-refractivity contribution in [2.24, 2.45) is 5.92 Å². The summed E-state index contributed by atoms with van der Waals surface area (Å²) in [5, 5.41) is 17.4. The van der Waals surface area contributed by atoms with Crippen LogP contribution in [0.2, 0.25) is 0 Å². The highest BCUT2D eigenvalue weighted by Gasteiger charge is 2.23. The van der Waals surface area contributed by atoms with E-state index in [1.807, 2.05) is 20.8 Å². The third kappa shape index (κ3) is 3.40. The maximum absolute atomic E-state index is 9.96. The molecule has 0 saturated heterocycles. The van der Waals surface area contributed by atoms with Crippen LogP contribution in [0.1, 0.15) is 26.3 Å². The standard InChI is InChI=1S/C11H19NOS/c1-9(2)11(3,13)8-12-6-10-4-5-14-7-10/h4-5,7,9,12-13H,6,8H2,1-3H3. The van der Waals surface area contributed by atoms with Crippen molar-refractivity contribution in [2.45, 2.75) is 32.9 Å². The van der Waals surface area contributed by atoms with Crippen LogP contribution in [0.4, 0.5) is 0 Å². The summed E-state index contributed by atoms with van der Waals surface area (Å²) in [6.07, 6.45) is 0. The monoisotopic (exact) mass is 213 g/mol. The van der Waals surface area contributed by atoms with E-state index in [1.165, 1.54) is 5.56 Å². The van der Waals surface area contributed by atoms with Gasteiger partial charge >= 0.3 is 0 Å². The third-order valence-electron chi connectivity index (χ3n) is 2.64. The molecule has 1 unspecified atom stereocenters. The summed E-state index contributed by atoms with van der Waals surface area (Å²) in [5.74, 6) is 0.275. The van der Waals surface area contributed by atoms with Crippen molar-refractivity contribution in [2.75, 3.05) is 6.54 Å². The van der Waals surface area contributed by atoms with Crippen molar-refractivity contribution in [3.8, 4) is 0 Å². The SMILES string of the molecule is CC(C)C(C)(O)CNCc1ccsc1. The number of hydrogen-bond acceptors (Lipinski definition) is 3. The molecule has 0 bridgehead atoms. The quantitative estimate of drug-likeness (QED) is 0.786. The van der Waals surface area contributed by atoms with Crippen LogP contribution in [0.3, 0.4) is 0 Å². The average molecular weight is 213 g/mol. The Morgan fingerprint density at radius 2 is 2.29 bits per heavy atom. The Morgan fingerprint density at radius 1 is 1.57 bits per heavy atom. The molecule has 1 heterocycles. The highest BCUT2D eigenvalue weighted by Crippen LogP contribution is 2.14. The summed E-state index contributed by atoms with van der Waals surface area (Å²) < 4.78 is 0. The van der Waals surface area contributed by atoms with E-state index in [0.717, 1.165) is 6.54 Å².